The van der Waals surface area contributed by atoms with Crippen molar-refractivity contribution in [3.8, 4) is 0 Å². The van der Waals surface area contributed by atoms with E-state index in [1.165, 1.54) is 11.3 Å². The first-order valence-electron chi connectivity index (χ1n) is 6.97. The molecule has 18 heavy (non-hydrogen) atoms. The van der Waals surface area contributed by atoms with Gasteiger partial charge in [0.2, 0.25) is 0 Å². The lowest BCUT2D eigenvalue weighted by Crippen LogP contribution is -2.40. The first kappa shape index (κ1) is 13.4. The smallest absolute Gasteiger partial charge is 0.0646 e. The Bertz CT molecular complexity index is 398. The van der Waals surface area contributed by atoms with Crippen LogP contribution in [0.3, 0.4) is 0 Å². The van der Waals surface area contributed by atoms with Crippen molar-refractivity contribution in [3.05, 3.63) is 29.8 Å². The first-order valence-corrected chi connectivity index (χ1v) is 6.97. The Morgan fingerprint density at radius 3 is 2.67 bits per heavy atom. The number of ether oxygens (including phenoxy) is 1. The van der Waals surface area contributed by atoms with Crippen LogP contribution in [0.4, 0.5) is 5.69 Å². The molecule has 1 heterocycles. The second-order valence-corrected chi connectivity index (χ2v) is 6.18. The molecule has 1 aromatic carbocycles. The fourth-order valence-corrected chi connectivity index (χ4v) is 2.71. The molecule has 1 atom stereocenters. The fourth-order valence-electron chi connectivity index (χ4n) is 2.71. The fraction of sp³-hybridized carbons (Fsp3) is 0.625. The molecule has 0 aliphatic carbocycles. The molecule has 2 heteroatoms. The summed E-state index contributed by atoms with van der Waals surface area (Å²) in [5.41, 5.74) is 2.69. The lowest BCUT2D eigenvalue weighted by atomic mass is 9.93. The number of hydrogen-bond donors (Lipinski definition) is 1. The minimum Gasteiger partial charge on any atom is -0.382 e. The van der Waals surface area contributed by atoms with Crippen molar-refractivity contribution in [2.45, 2.75) is 58.1 Å². The van der Waals surface area contributed by atoms with E-state index < -0.39 is 0 Å². The Morgan fingerprint density at radius 1 is 1.28 bits per heavy atom. The summed E-state index contributed by atoms with van der Waals surface area (Å²) in [5, 5.41) is 3.71. The lowest BCUT2D eigenvalue weighted by molar-refractivity contribution is -0.0553. The number of rotatable bonds is 3. The largest absolute Gasteiger partial charge is 0.382 e. The van der Waals surface area contributed by atoms with Gasteiger partial charge in [0.05, 0.1) is 5.60 Å². The van der Waals surface area contributed by atoms with Gasteiger partial charge in [-0.05, 0) is 44.2 Å². The molecule has 2 nitrogen and oxygen atoms in total. The van der Waals surface area contributed by atoms with Crippen molar-refractivity contribution in [2.75, 3.05) is 11.9 Å². The highest BCUT2D eigenvalue weighted by molar-refractivity contribution is 5.53. The maximum Gasteiger partial charge on any atom is 0.0646 e. The van der Waals surface area contributed by atoms with Crippen LogP contribution in [0.15, 0.2) is 24.3 Å². The van der Waals surface area contributed by atoms with Crippen LogP contribution in [0.1, 0.15) is 52.0 Å². The van der Waals surface area contributed by atoms with Crippen molar-refractivity contribution in [1.29, 1.82) is 0 Å². The Morgan fingerprint density at radius 2 is 2.00 bits per heavy atom. The zero-order chi connectivity index (χ0) is 13.2. The molecular formula is C16H25NO. The molecule has 1 N–H and O–H groups in total. The van der Waals surface area contributed by atoms with Gasteiger partial charge in [0.1, 0.15) is 0 Å². The maximum absolute atomic E-state index is 5.77. The van der Waals surface area contributed by atoms with E-state index in [9.17, 15) is 0 Å². The Hall–Kier alpha value is -1.02. The van der Waals surface area contributed by atoms with Gasteiger partial charge in [-0.15, -0.1) is 0 Å². The van der Waals surface area contributed by atoms with Crippen LogP contribution in [0.2, 0.25) is 0 Å². The summed E-state index contributed by atoms with van der Waals surface area (Å²) in [6.07, 6.45) is 2.16. The van der Waals surface area contributed by atoms with E-state index in [1.54, 1.807) is 0 Å². The van der Waals surface area contributed by atoms with Crippen molar-refractivity contribution in [3.63, 3.8) is 0 Å². The summed E-state index contributed by atoms with van der Waals surface area (Å²) in [4.78, 5) is 0. The number of benzene rings is 1. The molecule has 0 aromatic heterocycles. The van der Waals surface area contributed by atoms with Gasteiger partial charge >= 0.3 is 0 Å². The van der Waals surface area contributed by atoms with Crippen molar-refractivity contribution in [2.24, 2.45) is 0 Å². The summed E-state index contributed by atoms with van der Waals surface area (Å²) < 4.78 is 5.77. The topological polar surface area (TPSA) is 21.3 Å². The molecule has 0 bridgehead atoms. The van der Waals surface area contributed by atoms with E-state index in [2.05, 4.69) is 57.3 Å². The summed E-state index contributed by atoms with van der Waals surface area (Å²) >= 11 is 0. The van der Waals surface area contributed by atoms with Crippen LogP contribution in [0, 0.1) is 0 Å². The average Bonchev–Trinajstić information content (AvgIpc) is 2.28. The van der Waals surface area contributed by atoms with Gasteiger partial charge in [0.25, 0.3) is 0 Å². The van der Waals surface area contributed by atoms with E-state index in [0.717, 1.165) is 19.4 Å². The standard InChI is InChI=1S/C16H25NO/c1-12(2)14-7-5-6-8-15(14)17-13-9-10-18-16(3,4)11-13/h5-8,12-13,17H,9-11H2,1-4H3. The Kier molecular flexibility index (Phi) is 3.96. The van der Waals surface area contributed by atoms with Gasteiger partial charge in [0, 0.05) is 18.3 Å². The summed E-state index contributed by atoms with van der Waals surface area (Å²) in [7, 11) is 0. The zero-order valence-corrected chi connectivity index (χ0v) is 12.0. The van der Waals surface area contributed by atoms with E-state index in [-0.39, 0.29) is 5.60 Å². The second-order valence-electron chi connectivity index (χ2n) is 6.18. The lowest BCUT2D eigenvalue weighted by Gasteiger charge is -2.36. The number of para-hydroxylation sites is 1. The van der Waals surface area contributed by atoms with Crippen molar-refractivity contribution >= 4 is 5.69 Å². The normalized spacial score (nSPS) is 23.1. The molecule has 1 aromatic rings. The van der Waals surface area contributed by atoms with Crippen LogP contribution in [0.5, 0.6) is 0 Å². The monoisotopic (exact) mass is 247 g/mol. The van der Waals surface area contributed by atoms with E-state index in [1.807, 2.05) is 0 Å². The molecule has 1 unspecified atom stereocenters. The molecule has 0 spiro atoms. The van der Waals surface area contributed by atoms with Gasteiger partial charge in [-0.1, -0.05) is 32.0 Å². The minimum absolute atomic E-state index is 0.00267. The third kappa shape index (κ3) is 3.26. The van der Waals surface area contributed by atoms with Gasteiger partial charge in [0.15, 0.2) is 0 Å². The highest BCUT2D eigenvalue weighted by Crippen LogP contribution is 2.29. The van der Waals surface area contributed by atoms with Gasteiger partial charge in [-0.3, -0.25) is 0 Å². The predicted octanol–water partition coefficient (Wildman–Crippen LogP) is 4.18. The van der Waals surface area contributed by atoms with Crippen LogP contribution >= 0.6 is 0 Å². The third-order valence-corrected chi connectivity index (χ3v) is 3.64. The molecular weight excluding hydrogens is 222 g/mol. The molecule has 0 radical (unpaired) electrons. The average molecular weight is 247 g/mol. The van der Waals surface area contributed by atoms with Gasteiger partial charge in [-0.25, -0.2) is 0 Å². The third-order valence-electron chi connectivity index (χ3n) is 3.64. The van der Waals surface area contributed by atoms with E-state index in [0.29, 0.717) is 12.0 Å². The molecule has 1 fully saturated rings. The minimum atomic E-state index is 0.00267. The highest BCUT2D eigenvalue weighted by atomic mass is 16.5. The molecule has 1 aliphatic rings. The van der Waals surface area contributed by atoms with Crippen LogP contribution in [-0.4, -0.2) is 18.2 Å². The van der Waals surface area contributed by atoms with Crippen LogP contribution in [0.25, 0.3) is 0 Å². The quantitative estimate of drug-likeness (QED) is 0.865. The van der Waals surface area contributed by atoms with E-state index in [4.69, 9.17) is 4.74 Å². The molecule has 1 saturated heterocycles. The molecule has 100 valence electrons. The zero-order valence-electron chi connectivity index (χ0n) is 12.0. The summed E-state index contributed by atoms with van der Waals surface area (Å²) in [6, 6.07) is 9.16. The SMILES string of the molecule is CC(C)c1ccccc1NC1CCOC(C)(C)C1. The van der Waals surface area contributed by atoms with Crippen molar-refractivity contribution in [1.82, 2.24) is 0 Å². The van der Waals surface area contributed by atoms with E-state index >= 15 is 0 Å². The summed E-state index contributed by atoms with van der Waals surface area (Å²) in [5.74, 6) is 0.557. The molecule has 2 rings (SSSR count). The molecule has 0 amide bonds. The Balaban J connectivity index is 2.09. The van der Waals surface area contributed by atoms with Crippen LogP contribution < -0.4 is 5.32 Å². The highest BCUT2D eigenvalue weighted by Gasteiger charge is 2.28. The number of anilines is 1. The summed E-state index contributed by atoms with van der Waals surface area (Å²) in [6.45, 7) is 9.70. The first-order chi connectivity index (χ1) is 8.48. The van der Waals surface area contributed by atoms with Crippen molar-refractivity contribution < 1.29 is 4.74 Å². The Labute approximate surface area is 111 Å². The predicted molar refractivity (Wildman–Crippen MR) is 77.2 cm³/mol. The van der Waals surface area contributed by atoms with Gasteiger partial charge in [-0.2, -0.15) is 0 Å². The number of hydrogen-bond acceptors (Lipinski definition) is 2. The second kappa shape index (κ2) is 5.31. The molecule has 0 saturated carbocycles. The van der Waals surface area contributed by atoms with Crippen LogP contribution in [-0.2, 0) is 4.74 Å². The van der Waals surface area contributed by atoms with Gasteiger partial charge < -0.3 is 10.1 Å². The maximum atomic E-state index is 5.77. The number of nitrogens with one attached hydrogen (secondary N) is 1. The molecule has 1 aliphatic heterocycles.